The van der Waals surface area contributed by atoms with Crippen LogP contribution in [0.4, 0.5) is 0 Å². The smallest absolute Gasteiger partial charge is 0.327 e. The summed E-state index contributed by atoms with van der Waals surface area (Å²) in [6.07, 6.45) is 3.56. The van der Waals surface area contributed by atoms with E-state index in [-0.39, 0.29) is 6.15 Å². The molecule has 0 aromatic carbocycles. The monoisotopic (exact) mass is 158 g/mol. The average Bonchev–Trinajstić information content (AvgIpc) is 2.06. The molecule has 0 aliphatic heterocycles. The van der Waals surface area contributed by atoms with Crippen molar-refractivity contribution in [2.24, 2.45) is 11.5 Å². The van der Waals surface area contributed by atoms with E-state index in [1.807, 2.05) is 0 Å². The summed E-state index contributed by atoms with van der Waals surface area (Å²) in [6.45, 7) is 7.87. The van der Waals surface area contributed by atoms with Crippen LogP contribution >= 0.6 is 0 Å². The van der Waals surface area contributed by atoms with E-state index < -0.39 is 0 Å². The molecule has 4 N–H and O–H groups in total. The molecule has 0 bridgehead atoms. The topological polar surface area (TPSA) is 86.2 Å². The Bertz CT molecular complexity index is 99.0. The Morgan fingerprint density at radius 1 is 1.09 bits per heavy atom. The van der Waals surface area contributed by atoms with Crippen molar-refractivity contribution in [1.82, 2.24) is 0 Å². The van der Waals surface area contributed by atoms with Gasteiger partial charge in [0.15, 0.2) is 0 Å². The predicted molar refractivity (Wildman–Crippen MR) is 43.5 cm³/mol. The van der Waals surface area contributed by atoms with Gasteiger partial charge in [-0.25, -0.2) is 0 Å². The van der Waals surface area contributed by atoms with Crippen molar-refractivity contribution in [1.29, 1.82) is 0 Å². The predicted octanol–water partition coefficient (Wildman–Crippen LogP) is -0.321. The number of hydrogen-bond acceptors (Lipinski definition) is 4. The summed E-state index contributed by atoms with van der Waals surface area (Å²) < 4.78 is 0. The third-order valence-corrected chi connectivity index (χ3v) is 0.333. The summed E-state index contributed by atoms with van der Waals surface area (Å²) in [5.41, 5.74) is 9.82. The molecule has 0 saturated carbocycles. The van der Waals surface area contributed by atoms with Crippen molar-refractivity contribution >= 4 is 6.15 Å². The van der Waals surface area contributed by atoms with Crippen LogP contribution in [0, 0.1) is 0 Å². The Kier molecular flexibility index (Phi) is 55.5. The van der Waals surface area contributed by atoms with Gasteiger partial charge in [-0.05, 0) is 0 Å². The molecule has 0 unspecified atom stereocenters. The molecule has 0 spiro atoms. The van der Waals surface area contributed by atoms with Crippen LogP contribution in [0.3, 0.4) is 0 Å². The Balaban J connectivity index is -0.0000000886. The second-order valence-electron chi connectivity index (χ2n) is 1.13. The van der Waals surface area contributed by atoms with Crippen LogP contribution in [0.15, 0.2) is 25.3 Å². The minimum absolute atomic E-state index is 0.250. The summed E-state index contributed by atoms with van der Waals surface area (Å²) in [5.74, 6) is 0. The molecule has 0 heterocycles. The molecule has 0 aliphatic carbocycles. The Hall–Kier alpha value is -1.22. The molecule has 0 rings (SSSR count). The molecule has 64 valence electrons. The van der Waals surface area contributed by atoms with Crippen molar-refractivity contribution in [3.05, 3.63) is 25.3 Å². The maximum atomic E-state index is 8.12. The molecule has 0 amide bonds. The molecule has 0 saturated heterocycles. The minimum atomic E-state index is 0.250. The lowest BCUT2D eigenvalue weighted by Crippen LogP contribution is -1.90. The minimum Gasteiger partial charge on any atom is -0.327 e. The van der Waals surface area contributed by atoms with E-state index in [2.05, 4.69) is 13.2 Å². The number of rotatable bonds is 2. The van der Waals surface area contributed by atoms with Crippen molar-refractivity contribution in [2.75, 3.05) is 13.1 Å². The Morgan fingerprint density at radius 3 is 1.18 bits per heavy atom. The van der Waals surface area contributed by atoms with Crippen molar-refractivity contribution < 1.29 is 9.59 Å². The standard InChI is InChI=1S/2C3H7N.CO2/c2*1-2-3-4;2-1-3/h2*2H,1,3-4H2;. The molecule has 0 aromatic heterocycles. The van der Waals surface area contributed by atoms with E-state index in [1.165, 1.54) is 0 Å². The first kappa shape index (κ1) is 16.4. The lowest BCUT2D eigenvalue weighted by Gasteiger charge is -1.61. The van der Waals surface area contributed by atoms with Crippen LogP contribution in [-0.4, -0.2) is 19.2 Å². The first-order valence-corrected chi connectivity index (χ1v) is 2.86. The molecule has 0 aromatic rings. The third kappa shape index (κ3) is 663. The number of hydrogen-bond donors (Lipinski definition) is 2. The third-order valence-electron chi connectivity index (χ3n) is 0.333. The molecule has 11 heavy (non-hydrogen) atoms. The molecule has 0 aliphatic rings. The molecule has 0 radical (unpaired) electrons. The van der Waals surface area contributed by atoms with Gasteiger partial charge in [0.2, 0.25) is 0 Å². The van der Waals surface area contributed by atoms with Crippen LogP contribution in [0.25, 0.3) is 0 Å². The highest BCUT2D eigenvalue weighted by Crippen LogP contribution is 1.40. The Morgan fingerprint density at radius 2 is 1.18 bits per heavy atom. The van der Waals surface area contributed by atoms with Crippen LogP contribution in [0.5, 0.6) is 0 Å². The molecule has 0 fully saturated rings. The van der Waals surface area contributed by atoms with E-state index in [1.54, 1.807) is 12.2 Å². The van der Waals surface area contributed by atoms with Gasteiger partial charge < -0.3 is 11.5 Å². The van der Waals surface area contributed by atoms with Gasteiger partial charge in [0.25, 0.3) is 0 Å². The zero-order valence-corrected chi connectivity index (χ0v) is 6.45. The largest absolute Gasteiger partial charge is 0.373 e. The first-order chi connectivity index (χ1) is 5.24. The van der Waals surface area contributed by atoms with Gasteiger partial charge in [-0.15, -0.1) is 13.2 Å². The van der Waals surface area contributed by atoms with E-state index in [4.69, 9.17) is 21.1 Å². The zero-order valence-electron chi connectivity index (χ0n) is 6.45. The number of carbonyl (C=O) groups excluding carboxylic acids is 2. The van der Waals surface area contributed by atoms with E-state index in [0.717, 1.165) is 0 Å². The van der Waals surface area contributed by atoms with Gasteiger partial charge in [0, 0.05) is 13.1 Å². The summed E-state index contributed by atoms with van der Waals surface area (Å²) in [4.78, 5) is 16.2. The van der Waals surface area contributed by atoms with Gasteiger partial charge in [-0.2, -0.15) is 9.59 Å². The second-order valence-corrected chi connectivity index (χ2v) is 1.13. The summed E-state index contributed by atoms with van der Waals surface area (Å²) in [7, 11) is 0. The highest BCUT2D eigenvalue weighted by atomic mass is 16.2. The van der Waals surface area contributed by atoms with Gasteiger partial charge in [-0.1, -0.05) is 12.2 Å². The Labute approximate surface area is 66.6 Å². The van der Waals surface area contributed by atoms with Crippen LogP contribution in [-0.2, 0) is 9.59 Å². The molecule has 0 atom stereocenters. The molecule has 4 nitrogen and oxygen atoms in total. The van der Waals surface area contributed by atoms with Gasteiger partial charge in [0.1, 0.15) is 0 Å². The van der Waals surface area contributed by atoms with Crippen LogP contribution in [0.2, 0.25) is 0 Å². The lowest BCUT2D eigenvalue weighted by molar-refractivity contribution is -0.191. The van der Waals surface area contributed by atoms with Gasteiger partial charge in [0.05, 0.1) is 0 Å². The van der Waals surface area contributed by atoms with Gasteiger partial charge in [-0.3, -0.25) is 0 Å². The quantitative estimate of drug-likeness (QED) is 0.539. The summed E-state index contributed by atoms with van der Waals surface area (Å²) >= 11 is 0. The average molecular weight is 158 g/mol. The highest BCUT2D eigenvalue weighted by molar-refractivity contribution is 5.20. The van der Waals surface area contributed by atoms with Crippen molar-refractivity contribution in [3.8, 4) is 0 Å². The van der Waals surface area contributed by atoms with E-state index in [0.29, 0.717) is 13.1 Å². The van der Waals surface area contributed by atoms with Crippen LogP contribution in [0.1, 0.15) is 0 Å². The van der Waals surface area contributed by atoms with Crippen molar-refractivity contribution in [3.63, 3.8) is 0 Å². The normalized spacial score (nSPS) is 5.27. The fraction of sp³-hybridized carbons (Fsp3) is 0.286. The lowest BCUT2D eigenvalue weighted by atomic mass is 10.7. The highest BCUT2D eigenvalue weighted by Gasteiger charge is 1.43. The number of nitrogens with two attached hydrogens (primary N) is 2. The van der Waals surface area contributed by atoms with Gasteiger partial charge >= 0.3 is 6.15 Å². The SMILES string of the molecule is C=CCN.C=CCN.O=C=O. The molecule has 4 heteroatoms. The second kappa shape index (κ2) is 37.2. The fourth-order valence-corrected chi connectivity index (χ4v) is 0. The maximum absolute atomic E-state index is 8.12. The first-order valence-electron chi connectivity index (χ1n) is 2.86. The fourth-order valence-electron chi connectivity index (χ4n) is 0. The summed E-state index contributed by atoms with van der Waals surface area (Å²) in [5, 5.41) is 0. The van der Waals surface area contributed by atoms with E-state index >= 15 is 0 Å². The zero-order chi connectivity index (χ0) is 9.54. The van der Waals surface area contributed by atoms with Crippen molar-refractivity contribution in [2.45, 2.75) is 0 Å². The molecular weight excluding hydrogens is 144 g/mol. The van der Waals surface area contributed by atoms with Crippen LogP contribution < -0.4 is 11.5 Å². The summed E-state index contributed by atoms with van der Waals surface area (Å²) in [6, 6.07) is 0. The van der Waals surface area contributed by atoms with E-state index in [9.17, 15) is 0 Å². The molecular formula is C7H14N2O2. The maximum Gasteiger partial charge on any atom is 0.373 e.